The summed E-state index contributed by atoms with van der Waals surface area (Å²) in [6.45, 7) is 3.72. The Hall–Kier alpha value is -2.97. The summed E-state index contributed by atoms with van der Waals surface area (Å²) in [6, 6.07) is 10.3. The molecule has 0 atom stereocenters. The van der Waals surface area contributed by atoms with Gasteiger partial charge in [-0.2, -0.15) is 0 Å². The van der Waals surface area contributed by atoms with E-state index in [-0.39, 0.29) is 11.6 Å². The van der Waals surface area contributed by atoms with E-state index in [1.54, 1.807) is 32.4 Å². The number of amides is 1. The number of para-hydroxylation sites is 1. The van der Waals surface area contributed by atoms with Crippen molar-refractivity contribution in [3.05, 3.63) is 64.4 Å². The fraction of sp³-hybridized carbons (Fsp3) is 0.304. The minimum atomic E-state index is -0.452. The summed E-state index contributed by atoms with van der Waals surface area (Å²) in [4.78, 5) is 20.5. The molecule has 0 spiro atoms. The van der Waals surface area contributed by atoms with E-state index in [9.17, 15) is 9.18 Å². The van der Waals surface area contributed by atoms with E-state index < -0.39 is 5.82 Å². The highest BCUT2D eigenvalue weighted by molar-refractivity contribution is 7.14. The van der Waals surface area contributed by atoms with Crippen LogP contribution in [0.3, 0.4) is 0 Å². The third-order valence-electron chi connectivity index (χ3n) is 5.32. The van der Waals surface area contributed by atoms with E-state index in [4.69, 9.17) is 9.47 Å². The summed E-state index contributed by atoms with van der Waals surface area (Å²) in [5.74, 6) is 0.739. The number of anilines is 2. The maximum Gasteiger partial charge on any atom is 0.230 e. The summed E-state index contributed by atoms with van der Waals surface area (Å²) in [6.07, 6.45) is 0.904. The van der Waals surface area contributed by atoms with Gasteiger partial charge in [0.1, 0.15) is 5.82 Å². The van der Waals surface area contributed by atoms with Crippen molar-refractivity contribution < 1.29 is 18.7 Å². The van der Waals surface area contributed by atoms with Crippen molar-refractivity contribution in [2.45, 2.75) is 26.4 Å². The van der Waals surface area contributed by atoms with Gasteiger partial charge in [0, 0.05) is 31.9 Å². The van der Waals surface area contributed by atoms with Gasteiger partial charge in [-0.1, -0.05) is 12.1 Å². The molecule has 2 heterocycles. The van der Waals surface area contributed by atoms with Crippen LogP contribution in [0.25, 0.3) is 0 Å². The fourth-order valence-corrected chi connectivity index (χ4v) is 4.69. The lowest BCUT2D eigenvalue weighted by Crippen LogP contribution is -2.30. The van der Waals surface area contributed by atoms with Crippen molar-refractivity contribution in [2.75, 3.05) is 25.7 Å². The third-order valence-corrected chi connectivity index (χ3v) is 6.20. The lowest BCUT2D eigenvalue weighted by Gasteiger charge is -2.29. The van der Waals surface area contributed by atoms with Gasteiger partial charge in [-0.3, -0.25) is 14.6 Å². The molecule has 0 aliphatic carbocycles. The Morgan fingerprint density at radius 1 is 1.19 bits per heavy atom. The number of halogens is 1. The number of nitrogens with zero attached hydrogens (tertiary/aromatic N) is 3. The van der Waals surface area contributed by atoms with Gasteiger partial charge in [0.15, 0.2) is 16.6 Å². The minimum Gasteiger partial charge on any atom is -0.493 e. The number of thiazole rings is 1. The van der Waals surface area contributed by atoms with Crippen LogP contribution in [0.15, 0.2) is 41.8 Å². The van der Waals surface area contributed by atoms with E-state index in [0.717, 1.165) is 36.7 Å². The highest BCUT2D eigenvalue weighted by Gasteiger charge is 2.23. The van der Waals surface area contributed by atoms with E-state index in [2.05, 4.69) is 9.88 Å². The number of benzene rings is 2. The maximum atomic E-state index is 14.3. The molecular weight excluding hydrogens is 417 g/mol. The highest BCUT2D eigenvalue weighted by atomic mass is 32.1. The van der Waals surface area contributed by atoms with Crippen LogP contribution in [0.1, 0.15) is 23.7 Å². The van der Waals surface area contributed by atoms with Gasteiger partial charge < -0.3 is 9.47 Å². The molecule has 162 valence electrons. The number of hydrogen-bond acceptors (Lipinski definition) is 6. The quantitative estimate of drug-likeness (QED) is 0.562. The maximum absolute atomic E-state index is 14.3. The average molecular weight is 442 g/mol. The lowest BCUT2D eigenvalue weighted by atomic mass is 9.98. The fourth-order valence-electron chi connectivity index (χ4n) is 3.82. The van der Waals surface area contributed by atoms with Gasteiger partial charge in [-0.15, -0.1) is 11.3 Å². The average Bonchev–Trinajstić information content (AvgIpc) is 3.21. The number of carbonyl (C=O) groups is 1. The number of carbonyl (C=O) groups excluding carboxylic acids is 1. The Kier molecular flexibility index (Phi) is 6.20. The van der Waals surface area contributed by atoms with Crippen LogP contribution in [0.4, 0.5) is 15.2 Å². The largest absolute Gasteiger partial charge is 0.493 e. The zero-order chi connectivity index (χ0) is 22.0. The minimum absolute atomic E-state index is 0.212. The molecule has 0 fully saturated rings. The SMILES string of the molecule is COc1cc2c(cc1OC)CN(Cc1csc(N(C(C)=O)c3ccccc3F)n1)CC2. The van der Waals surface area contributed by atoms with Gasteiger partial charge in [-0.25, -0.2) is 9.37 Å². The molecule has 1 aliphatic rings. The number of fused-ring (bicyclic) bond motifs is 1. The lowest BCUT2D eigenvalue weighted by molar-refractivity contribution is -0.115. The summed E-state index contributed by atoms with van der Waals surface area (Å²) in [7, 11) is 3.28. The monoisotopic (exact) mass is 441 g/mol. The number of methoxy groups -OCH3 is 2. The van der Waals surface area contributed by atoms with E-state index in [1.807, 2.05) is 17.5 Å². The van der Waals surface area contributed by atoms with E-state index in [0.29, 0.717) is 11.7 Å². The van der Waals surface area contributed by atoms with Crippen LogP contribution in [-0.4, -0.2) is 36.6 Å². The number of aromatic nitrogens is 1. The molecule has 0 saturated carbocycles. The molecule has 3 aromatic rings. The Morgan fingerprint density at radius 3 is 2.58 bits per heavy atom. The summed E-state index contributed by atoms with van der Waals surface area (Å²) in [5.41, 5.74) is 3.53. The first kappa shape index (κ1) is 21.3. The van der Waals surface area contributed by atoms with Gasteiger partial charge in [-0.05, 0) is 41.8 Å². The smallest absolute Gasteiger partial charge is 0.230 e. The Labute approximate surface area is 184 Å². The molecule has 6 nitrogen and oxygen atoms in total. The Bertz CT molecular complexity index is 1100. The topological polar surface area (TPSA) is 54.9 Å². The predicted octanol–water partition coefficient (Wildman–Crippen LogP) is 4.54. The first-order valence-electron chi connectivity index (χ1n) is 9.96. The van der Waals surface area contributed by atoms with Crippen molar-refractivity contribution in [2.24, 2.45) is 0 Å². The van der Waals surface area contributed by atoms with Crippen molar-refractivity contribution >= 4 is 28.1 Å². The van der Waals surface area contributed by atoms with Gasteiger partial charge >= 0.3 is 0 Å². The van der Waals surface area contributed by atoms with Gasteiger partial charge in [0.25, 0.3) is 0 Å². The van der Waals surface area contributed by atoms with E-state index >= 15 is 0 Å². The normalized spacial score (nSPS) is 13.5. The number of ether oxygens (including phenoxy) is 2. The summed E-state index contributed by atoms with van der Waals surface area (Å²) >= 11 is 1.34. The molecule has 1 aliphatic heterocycles. The van der Waals surface area contributed by atoms with Crippen molar-refractivity contribution in [1.82, 2.24) is 9.88 Å². The molecular formula is C23H24FN3O3S. The summed E-state index contributed by atoms with van der Waals surface area (Å²) in [5, 5.41) is 2.40. The first-order valence-corrected chi connectivity index (χ1v) is 10.8. The van der Waals surface area contributed by atoms with Crippen LogP contribution in [0.5, 0.6) is 11.5 Å². The molecule has 0 radical (unpaired) electrons. The standard InChI is InChI=1S/C23H24FN3O3S/c1-15(28)27(20-7-5-4-6-19(20)24)23-25-18(14-31-23)13-26-9-8-16-10-21(29-2)22(30-3)11-17(16)12-26/h4-7,10-11,14H,8-9,12-13H2,1-3H3. The zero-order valence-electron chi connectivity index (χ0n) is 17.7. The van der Waals surface area contributed by atoms with Crippen molar-refractivity contribution in [3.8, 4) is 11.5 Å². The van der Waals surface area contributed by atoms with Crippen LogP contribution >= 0.6 is 11.3 Å². The highest BCUT2D eigenvalue weighted by Crippen LogP contribution is 2.34. The first-order chi connectivity index (χ1) is 15.0. The van der Waals surface area contributed by atoms with Gasteiger partial charge in [0.05, 0.1) is 25.6 Å². The molecule has 8 heteroatoms. The van der Waals surface area contributed by atoms with Crippen LogP contribution in [0.2, 0.25) is 0 Å². The van der Waals surface area contributed by atoms with Crippen LogP contribution in [-0.2, 0) is 24.3 Å². The van der Waals surface area contributed by atoms with E-state index in [1.165, 1.54) is 40.4 Å². The second-order valence-corrected chi connectivity index (χ2v) is 8.20. The van der Waals surface area contributed by atoms with Crippen LogP contribution in [0, 0.1) is 5.82 Å². The number of rotatable bonds is 6. The zero-order valence-corrected chi connectivity index (χ0v) is 18.5. The molecule has 0 bridgehead atoms. The molecule has 1 amide bonds. The summed E-state index contributed by atoms with van der Waals surface area (Å²) < 4.78 is 25.1. The van der Waals surface area contributed by atoms with Gasteiger partial charge in [0.2, 0.25) is 5.91 Å². The molecule has 0 unspecified atom stereocenters. The van der Waals surface area contributed by atoms with Crippen LogP contribution < -0.4 is 14.4 Å². The molecule has 31 heavy (non-hydrogen) atoms. The molecule has 0 N–H and O–H groups in total. The molecule has 4 rings (SSSR count). The van der Waals surface area contributed by atoms with Crippen molar-refractivity contribution in [1.29, 1.82) is 0 Å². The second kappa shape index (κ2) is 9.03. The Morgan fingerprint density at radius 2 is 1.90 bits per heavy atom. The molecule has 2 aromatic carbocycles. The third kappa shape index (κ3) is 4.40. The van der Waals surface area contributed by atoms with Crippen molar-refractivity contribution in [3.63, 3.8) is 0 Å². The second-order valence-electron chi connectivity index (χ2n) is 7.36. The molecule has 1 aromatic heterocycles. The molecule has 0 saturated heterocycles. The number of hydrogen-bond donors (Lipinski definition) is 0. The Balaban J connectivity index is 1.52. The predicted molar refractivity (Wildman–Crippen MR) is 119 cm³/mol.